The van der Waals surface area contributed by atoms with Crippen LogP contribution in [0, 0.1) is 13.8 Å². The summed E-state index contributed by atoms with van der Waals surface area (Å²) in [5.74, 6) is 0.0478. The molecular formula is C16H18BrN3O. The van der Waals surface area contributed by atoms with Crippen molar-refractivity contribution >= 4 is 27.5 Å². The van der Waals surface area contributed by atoms with Crippen LogP contribution < -0.4 is 4.90 Å². The van der Waals surface area contributed by atoms with Crippen LogP contribution in [0.15, 0.2) is 22.7 Å². The summed E-state index contributed by atoms with van der Waals surface area (Å²) in [5, 5.41) is 4.36. The van der Waals surface area contributed by atoms with Crippen molar-refractivity contribution in [3.8, 4) is 0 Å². The first kappa shape index (κ1) is 14.3. The van der Waals surface area contributed by atoms with Gasteiger partial charge in [0.15, 0.2) is 0 Å². The SMILES string of the molecule is Cc1nn(C)c(C)c1C(=O)N1c2ccc(Br)cc2C[C@H]1C. The van der Waals surface area contributed by atoms with Crippen molar-refractivity contribution in [1.29, 1.82) is 0 Å². The molecule has 0 radical (unpaired) electrons. The van der Waals surface area contributed by atoms with Gasteiger partial charge < -0.3 is 4.90 Å². The molecule has 2 heterocycles. The number of amides is 1. The molecule has 21 heavy (non-hydrogen) atoms. The Morgan fingerprint density at radius 2 is 2.10 bits per heavy atom. The number of hydrogen-bond donors (Lipinski definition) is 0. The number of anilines is 1. The highest BCUT2D eigenvalue weighted by Gasteiger charge is 2.33. The highest BCUT2D eigenvalue weighted by atomic mass is 79.9. The van der Waals surface area contributed by atoms with Gasteiger partial charge in [-0.3, -0.25) is 9.48 Å². The molecule has 0 unspecified atom stereocenters. The first-order valence-electron chi connectivity index (χ1n) is 7.02. The Bertz CT molecular complexity index is 735. The van der Waals surface area contributed by atoms with Gasteiger partial charge in [0.2, 0.25) is 0 Å². The average Bonchev–Trinajstić information content (AvgIpc) is 2.85. The second kappa shape index (κ2) is 4.98. The molecule has 0 spiro atoms. The lowest BCUT2D eigenvalue weighted by Crippen LogP contribution is -2.36. The number of fused-ring (bicyclic) bond motifs is 1. The van der Waals surface area contributed by atoms with Crippen LogP contribution in [0.25, 0.3) is 0 Å². The normalized spacial score (nSPS) is 17.2. The maximum atomic E-state index is 13.0. The molecule has 0 aliphatic carbocycles. The van der Waals surface area contributed by atoms with Crippen LogP contribution in [0.4, 0.5) is 5.69 Å². The van der Waals surface area contributed by atoms with E-state index in [1.807, 2.05) is 37.9 Å². The number of carbonyl (C=O) groups is 1. The molecule has 1 amide bonds. The Labute approximate surface area is 132 Å². The number of aryl methyl sites for hydroxylation is 2. The van der Waals surface area contributed by atoms with E-state index in [0.29, 0.717) is 0 Å². The Hall–Kier alpha value is -1.62. The van der Waals surface area contributed by atoms with Crippen molar-refractivity contribution in [3.05, 3.63) is 45.2 Å². The van der Waals surface area contributed by atoms with Crippen LogP contribution in [-0.4, -0.2) is 21.7 Å². The first-order valence-corrected chi connectivity index (χ1v) is 7.81. The summed E-state index contributed by atoms with van der Waals surface area (Å²) >= 11 is 3.50. The highest BCUT2D eigenvalue weighted by Crippen LogP contribution is 2.35. The van der Waals surface area contributed by atoms with Crippen molar-refractivity contribution in [2.45, 2.75) is 33.2 Å². The molecule has 1 aromatic heterocycles. The third-order valence-electron chi connectivity index (χ3n) is 4.20. The molecule has 1 aliphatic rings. The lowest BCUT2D eigenvalue weighted by Gasteiger charge is -2.23. The summed E-state index contributed by atoms with van der Waals surface area (Å²) in [4.78, 5) is 14.9. The number of hydrogen-bond acceptors (Lipinski definition) is 2. The van der Waals surface area contributed by atoms with Gasteiger partial charge >= 0.3 is 0 Å². The van der Waals surface area contributed by atoms with Crippen molar-refractivity contribution in [2.75, 3.05) is 4.90 Å². The van der Waals surface area contributed by atoms with Gasteiger partial charge in [-0.2, -0.15) is 5.10 Å². The largest absolute Gasteiger partial charge is 0.305 e. The Morgan fingerprint density at radius 3 is 2.71 bits per heavy atom. The topological polar surface area (TPSA) is 38.1 Å². The van der Waals surface area contributed by atoms with Gasteiger partial charge in [0.05, 0.1) is 11.3 Å². The quantitative estimate of drug-likeness (QED) is 0.792. The van der Waals surface area contributed by atoms with Gasteiger partial charge in [0, 0.05) is 28.9 Å². The van der Waals surface area contributed by atoms with Crippen molar-refractivity contribution < 1.29 is 4.79 Å². The van der Waals surface area contributed by atoms with E-state index in [9.17, 15) is 4.79 Å². The van der Waals surface area contributed by atoms with E-state index in [1.54, 1.807) is 4.68 Å². The zero-order valence-electron chi connectivity index (χ0n) is 12.6. The lowest BCUT2D eigenvalue weighted by atomic mass is 10.1. The number of carbonyl (C=O) groups excluding carboxylic acids is 1. The summed E-state index contributed by atoms with van der Waals surface area (Å²) in [6.45, 7) is 5.92. The number of benzene rings is 1. The van der Waals surface area contributed by atoms with Crippen LogP contribution in [0.1, 0.15) is 34.2 Å². The van der Waals surface area contributed by atoms with Gasteiger partial charge in [-0.25, -0.2) is 0 Å². The summed E-state index contributed by atoms with van der Waals surface area (Å²) in [6.07, 6.45) is 0.888. The lowest BCUT2D eigenvalue weighted by molar-refractivity contribution is 0.0980. The minimum absolute atomic E-state index is 0.0478. The maximum absolute atomic E-state index is 13.0. The molecule has 0 bridgehead atoms. The zero-order valence-corrected chi connectivity index (χ0v) is 14.2. The van der Waals surface area contributed by atoms with Crippen molar-refractivity contribution in [1.82, 2.24) is 9.78 Å². The van der Waals surface area contributed by atoms with E-state index in [0.717, 1.165) is 33.5 Å². The molecule has 5 heteroatoms. The van der Waals surface area contributed by atoms with E-state index in [-0.39, 0.29) is 11.9 Å². The van der Waals surface area contributed by atoms with Gasteiger partial charge in [0.25, 0.3) is 5.91 Å². The van der Waals surface area contributed by atoms with Gasteiger partial charge in [0.1, 0.15) is 0 Å². The smallest absolute Gasteiger partial charge is 0.262 e. The Balaban J connectivity index is 2.07. The van der Waals surface area contributed by atoms with Crippen molar-refractivity contribution in [3.63, 3.8) is 0 Å². The molecule has 0 saturated carbocycles. The van der Waals surface area contributed by atoms with Gasteiger partial charge in [-0.15, -0.1) is 0 Å². The minimum atomic E-state index is 0.0478. The van der Waals surface area contributed by atoms with E-state index in [2.05, 4.69) is 34.0 Å². The molecule has 4 nitrogen and oxygen atoms in total. The molecule has 1 aliphatic heterocycles. The third-order valence-corrected chi connectivity index (χ3v) is 4.69. The molecule has 0 saturated heterocycles. The fourth-order valence-corrected chi connectivity index (χ4v) is 3.52. The minimum Gasteiger partial charge on any atom is -0.305 e. The molecule has 2 aromatic rings. The monoisotopic (exact) mass is 347 g/mol. The van der Waals surface area contributed by atoms with Crippen LogP contribution in [0.5, 0.6) is 0 Å². The van der Waals surface area contributed by atoms with Gasteiger partial charge in [-0.1, -0.05) is 15.9 Å². The second-order valence-corrected chi connectivity index (χ2v) is 6.59. The maximum Gasteiger partial charge on any atom is 0.262 e. The Morgan fingerprint density at radius 1 is 1.38 bits per heavy atom. The fraction of sp³-hybridized carbons (Fsp3) is 0.375. The third kappa shape index (κ3) is 2.20. The van der Waals surface area contributed by atoms with Gasteiger partial charge in [-0.05, 0) is 51.0 Å². The number of nitrogens with zero attached hydrogens (tertiary/aromatic N) is 3. The van der Waals surface area contributed by atoms with E-state index in [1.165, 1.54) is 5.56 Å². The van der Waals surface area contributed by atoms with Crippen molar-refractivity contribution in [2.24, 2.45) is 7.05 Å². The fourth-order valence-electron chi connectivity index (χ4n) is 3.11. The van der Waals surface area contributed by atoms with Crippen LogP contribution in [0.2, 0.25) is 0 Å². The molecule has 1 atom stereocenters. The predicted octanol–water partition coefficient (Wildman–Crippen LogP) is 3.39. The molecule has 110 valence electrons. The predicted molar refractivity (Wildman–Crippen MR) is 86.8 cm³/mol. The molecule has 0 fully saturated rings. The highest BCUT2D eigenvalue weighted by molar-refractivity contribution is 9.10. The number of rotatable bonds is 1. The average molecular weight is 348 g/mol. The second-order valence-electron chi connectivity index (χ2n) is 5.67. The first-order chi connectivity index (χ1) is 9.90. The van der Waals surface area contributed by atoms with Crippen LogP contribution >= 0.6 is 15.9 Å². The summed E-state index contributed by atoms with van der Waals surface area (Å²) in [5.41, 5.74) is 4.65. The standard InChI is InChI=1S/C16H18BrN3O/c1-9-7-12-8-13(17)5-6-14(12)20(9)16(21)15-10(2)18-19(4)11(15)3/h5-6,8-9H,7H2,1-4H3/t9-/m1/s1. The van der Waals surface area contributed by atoms with Crippen LogP contribution in [-0.2, 0) is 13.5 Å². The number of halogens is 1. The molecule has 3 rings (SSSR count). The molecule has 1 aromatic carbocycles. The Kier molecular flexibility index (Phi) is 3.40. The summed E-state index contributed by atoms with van der Waals surface area (Å²) in [6, 6.07) is 6.27. The summed E-state index contributed by atoms with van der Waals surface area (Å²) < 4.78 is 2.82. The van der Waals surface area contributed by atoms with Crippen LogP contribution in [0.3, 0.4) is 0 Å². The number of aromatic nitrogens is 2. The molecular weight excluding hydrogens is 330 g/mol. The zero-order chi connectivity index (χ0) is 15.3. The molecule has 0 N–H and O–H groups in total. The van der Waals surface area contributed by atoms with E-state index in [4.69, 9.17) is 0 Å². The van der Waals surface area contributed by atoms with E-state index < -0.39 is 0 Å². The summed E-state index contributed by atoms with van der Waals surface area (Å²) in [7, 11) is 1.87. The van der Waals surface area contributed by atoms with E-state index >= 15 is 0 Å².